The van der Waals surface area contributed by atoms with Crippen molar-refractivity contribution in [1.82, 2.24) is 0 Å². The van der Waals surface area contributed by atoms with Crippen molar-refractivity contribution in [2.24, 2.45) is 5.92 Å². The maximum Gasteiger partial charge on any atom is 0.333 e. The molecule has 19 heavy (non-hydrogen) atoms. The van der Waals surface area contributed by atoms with Gasteiger partial charge in [0.15, 0.2) is 0 Å². The maximum absolute atomic E-state index is 11.8. The number of esters is 1. The molecule has 0 aromatic rings. The number of hydrogen-bond acceptors (Lipinski definition) is 4. The van der Waals surface area contributed by atoms with Crippen LogP contribution in [0.3, 0.4) is 0 Å². The second-order valence-electron chi connectivity index (χ2n) is 5.55. The Morgan fingerprint density at radius 1 is 1.47 bits per heavy atom. The highest BCUT2D eigenvalue weighted by Crippen LogP contribution is 2.39. The lowest BCUT2D eigenvalue weighted by atomic mass is 9.96. The van der Waals surface area contributed by atoms with Crippen LogP contribution in [-0.4, -0.2) is 37.0 Å². The highest BCUT2D eigenvalue weighted by Gasteiger charge is 2.49. The minimum absolute atomic E-state index is 0.106. The van der Waals surface area contributed by atoms with Crippen molar-refractivity contribution in [3.63, 3.8) is 0 Å². The van der Waals surface area contributed by atoms with E-state index in [0.29, 0.717) is 24.5 Å². The van der Waals surface area contributed by atoms with Gasteiger partial charge in [0.25, 0.3) is 0 Å². The summed E-state index contributed by atoms with van der Waals surface area (Å²) >= 11 is 0. The van der Waals surface area contributed by atoms with E-state index in [4.69, 9.17) is 14.2 Å². The topological polar surface area (TPSA) is 48.1 Å². The van der Waals surface area contributed by atoms with Crippen LogP contribution in [0.5, 0.6) is 0 Å². The Kier molecular flexibility index (Phi) is 4.63. The number of carbonyl (C=O) groups is 1. The van der Waals surface area contributed by atoms with Gasteiger partial charge < -0.3 is 14.2 Å². The van der Waals surface area contributed by atoms with Crippen molar-refractivity contribution in [1.29, 1.82) is 0 Å². The summed E-state index contributed by atoms with van der Waals surface area (Å²) in [7, 11) is 0. The van der Waals surface area contributed by atoms with Crippen molar-refractivity contribution in [2.75, 3.05) is 6.61 Å². The van der Waals surface area contributed by atoms with Crippen LogP contribution in [0, 0.1) is 5.92 Å². The molecule has 108 valence electrons. The molecular weight excluding hydrogens is 244 g/mol. The number of fused-ring (bicyclic) bond motifs is 1. The molecule has 1 fully saturated rings. The zero-order valence-electron chi connectivity index (χ0n) is 12.2. The molecule has 0 N–H and O–H groups in total. The molecule has 0 aromatic carbocycles. The molecule has 4 nitrogen and oxygen atoms in total. The van der Waals surface area contributed by atoms with Crippen LogP contribution in [0.4, 0.5) is 0 Å². The van der Waals surface area contributed by atoms with E-state index in [1.807, 2.05) is 13.0 Å². The number of rotatable bonds is 6. The molecule has 0 amide bonds. The average Bonchev–Trinajstić information content (AvgIpc) is 3.14. The molecule has 0 bridgehead atoms. The van der Waals surface area contributed by atoms with E-state index in [0.717, 1.165) is 6.42 Å². The first kappa shape index (κ1) is 14.5. The predicted molar refractivity (Wildman–Crippen MR) is 71.8 cm³/mol. The summed E-state index contributed by atoms with van der Waals surface area (Å²) in [5.41, 5.74) is 0.698. The lowest BCUT2D eigenvalue weighted by Crippen LogP contribution is -2.32. The Morgan fingerprint density at radius 3 is 2.79 bits per heavy atom. The molecule has 0 aromatic heterocycles. The van der Waals surface area contributed by atoms with E-state index in [1.54, 1.807) is 0 Å². The summed E-state index contributed by atoms with van der Waals surface area (Å²) in [5.74, 6) is 0.228. The summed E-state index contributed by atoms with van der Waals surface area (Å²) < 4.78 is 16.8. The SMILES string of the molecule is CCOC(=O)C1=C[C@@H](OC(CC)C(C)C)[C@H]2O[C@H]2C1. The summed E-state index contributed by atoms with van der Waals surface area (Å²) in [6.07, 6.45) is 3.89. The van der Waals surface area contributed by atoms with Crippen LogP contribution >= 0.6 is 0 Å². The summed E-state index contributed by atoms with van der Waals surface area (Å²) in [6, 6.07) is 0. The Bertz CT molecular complexity index is 361. The van der Waals surface area contributed by atoms with E-state index >= 15 is 0 Å². The van der Waals surface area contributed by atoms with Gasteiger partial charge in [0, 0.05) is 12.0 Å². The molecular formula is C15H24O4. The molecule has 2 rings (SSSR count). The second-order valence-corrected chi connectivity index (χ2v) is 5.55. The summed E-state index contributed by atoms with van der Waals surface area (Å²) in [6.45, 7) is 8.64. The number of epoxide rings is 1. The molecule has 0 radical (unpaired) electrons. The Morgan fingerprint density at radius 2 is 2.21 bits per heavy atom. The van der Waals surface area contributed by atoms with Crippen LogP contribution in [-0.2, 0) is 19.0 Å². The third-order valence-electron chi connectivity index (χ3n) is 3.75. The highest BCUT2D eigenvalue weighted by molar-refractivity contribution is 5.89. The monoisotopic (exact) mass is 268 g/mol. The van der Waals surface area contributed by atoms with Gasteiger partial charge in [-0.2, -0.15) is 0 Å². The quantitative estimate of drug-likeness (QED) is 0.548. The zero-order valence-corrected chi connectivity index (χ0v) is 12.2. The first-order chi connectivity index (χ1) is 9.06. The van der Waals surface area contributed by atoms with E-state index in [2.05, 4.69) is 20.8 Å². The van der Waals surface area contributed by atoms with Gasteiger partial charge in [0.05, 0.1) is 18.8 Å². The summed E-state index contributed by atoms with van der Waals surface area (Å²) in [5, 5.41) is 0. The fourth-order valence-electron chi connectivity index (χ4n) is 2.61. The minimum Gasteiger partial charge on any atom is -0.463 e. The van der Waals surface area contributed by atoms with Gasteiger partial charge >= 0.3 is 5.97 Å². The van der Waals surface area contributed by atoms with Crippen LogP contribution in [0.2, 0.25) is 0 Å². The van der Waals surface area contributed by atoms with Crippen molar-refractivity contribution >= 4 is 5.97 Å². The van der Waals surface area contributed by atoms with Gasteiger partial charge in [-0.1, -0.05) is 20.8 Å². The first-order valence-corrected chi connectivity index (χ1v) is 7.25. The van der Waals surface area contributed by atoms with Crippen molar-refractivity contribution < 1.29 is 19.0 Å². The third-order valence-corrected chi connectivity index (χ3v) is 3.75. The number of hydrogen-bond donors (Lipinski definition) is 0. The van der Waals surface area contributed by atoms with Gasteiger partial charge in [-0.05, 0) is 25.3 Å². The molecule has 1 unspecified atom stereocenters. The van der Waals surface area contributed by atoms with Gasteiger partial charge in [-0.25, -0.2) is 4.79 Å². The Labute approximate surface area is 115 Å². The molecule has 1 aliphatic carbocycles. The fourth-order valence-corrected chi connectivity index (χ4v) is 2.61. The molecule has 0 saturated carbocycles. The molecule has 4 atom stereocenters. The molecule has 1 aliphatic heterocycles. The van der Waals surface area contributed by atoms with E-state index in [1.165, 1.54) is 0 Å². The molecule has 0 spiro atoms. The minimum atomic E-state index is -0.234. The zero-order chi connectivity index (χ0) is 14.0. The largest absolute Gasteiger partial charge is 0.463 e. The molecule has 4 heteroatoms. The van der Waals surface area contributed by atoms with Gasteiger partial charge in [-0.15, -0.1) is 0 Å². The smallest absolute Gasteiger partial charge is 0.333 e. The van der Waals surface area contributed by atoms with Gasteiger partial charge in [-0.3, -0.25) is 0 Å². The normalized spacial score (nSPS) is 30.6. The van der Waals surface area contributed by atoms with Gasteiger partial charge in [0.2, 0.25) is 0 Å². The highest BCUT2D eigenvalue weighted by atomic mass is 16.6. The first-order valence-electron chi connectivity index (χ1n) is 7.25. The standard InChI is InChI=1S/C15H24O4/c1-5-11(9(3)4)18-12-7-10(15(16)17-6-2)8-13-14(12)19-13/h7,9,11-14H,5-6,8H2,1-4H3/t11?,12-,13+,14-/m1/s1. The lowest BCUT2D eigenvalue weighted by Gasteiger charge is -2.26. The van der Waals surface area contributed by atoms with E-state index < -0.39 is 0 Å². The lowest BCUT2D eigenvalue weighted by molar-refractivity contribution is -0.138. The van der Waals surface area contributed by atoms with Crippen LogP contribution in [0.15, 0.2) is 11.6 Å². The maximum atomic E-state index is 11.8. The number of carbonyl (C=O) groups excluding carboxylic acids is 1. The fraction of sp³-hybridized carbons (Fsp3) is 0.800. The Balaban J connectivity index is 2.03. The van der Waals surface area contributed by atoms with E-state index in [9.17, 15) is 4.79 Å². The van der Waals surface area contributed by atoms with Crippen molar-refractivity contribution in [3.05, 3.63) is 11.6 Å². The molecule has 1 saturated heterocycles. The third kappa shape index (κ3) is 3.37. The van der Waals surface area contributed by atoms with Crippen LogP contribution in [0.1, 0.15) is 40.5 Å². The molecule has 1 heterocycles. The van der Waals surface area contributed by atoms with Gasteiger partial charge in [0.1, 0.15) is 12.2 Å². The van der Waals surface area contributed by atoms with Crippen LogP contribution in [0.25, 0.3) is 0 Å². The molecule has 2 aliphatic rings. The predicted octanol–water partition coefficient (Wildman–Crippen LogP) is 2.47. The Hall–Kier alpha value is -0.870. The van der Waals surface area contributed by atoms with E-state index in [-0.39, 0.29) is 30.4 Å². The second kappa shape index (κ2) is 6.06. The van der Waals surface area contributed by atoms with Crippen molar-refractivity contribution in [2.45, 2.75) is 65.0 Å². The summed E-state index contributed by atoms with van der Waals surface area (Å²) in [4.78, 5) is 11.8. The number of ether oxygens (including phenoxy) is 3. The van der Waals surface area contributed by atoms with Crippen LogP contribution < -0.4 is 0 Å². The average molecular weight is 268 g/mol. The van der Waals surface area contributed by atoms with Crippen molar-refractivity contribution in [3.8, 4) is 0 Å².